The summed E-state index contributed by atoms with van der Waals surface area (Å²) < 4.78 is 41.1. The van der Waals surface area contributed by atoms with E-state index < -0.39 is 33.9 Å². The number of hydrogen-bond acceptors (Lipinski definition) is 5. The van der Waals surface area contributed by atoms with E-state index in [1.165, 1.54) is 6.20 Å². The van der Waals surface area contributed by atoms with Gasteiger partial charge in [0.15, 0.2) is 0 Å². The average molecular weight is 403 g/mol. The molecule has 28 heavy (non-hydrogen) atoms. The molecule has 2 bridgehead atoms. The predicted molar refractivity (Wildman–Crippen MR) is 106 cm³/mol. The van der Waals surface area contributed by atoms with Gasteiger partial charge in [0.05, 0.1) is 16.1 Å². The van der Waals surface area contributed by atoms with Gasteiger partial charge in [0, 0.05) is 42.2 Å². The highest BCUT2D eigenvalue weighted by Crippen LogP contribution is 2.57. The van der Waals surface area contributed by atoms with Crippen molar-refractivity contribution in [1.82, 2.24) is 9.71 Å². The van der Waals surface area contributed by atoms with Gasteiger partial charge < -0.3 is 14.2 Å². The van der Waals surface area contributed by atoms with Crippen LogP contribution in [0.3, 0.4) is 0 Å². The maximum absolute atomic E-state index is 13.0. The Morgan fingerprint density at radius 2 is 1.79 bits per heavy atom. The zero-order valence-electron chi connectivity index (χ0n) is 17.0. The van der Waals surface area contributed by atoms with Crippen LogP contribution in [0.1, 0.15) is 59.1 Å². The number of sulfonamides is 1. The largest absolute Gasteiger partial charge is 0.496 e. The molecule has 1 aromatic rings. The summed E-state index contributed by atoms with van der Waals surface area (Å²) in [4.78, 5) is 8.11. The van der Waals surface area contributed by atoms with E-state index in [0.717, 1.165) is 6.42 Å². The van der Waals surface area contributed by atoms with Crippen molar-refractivity contribution in [1.29, 1.82) is 0 Å². The van der Waals surface area contributed by atoms with E-state index in [-0.39, 0.29) is 10.4 Å². The SMILES string of the molecule is [C-]#[N+]C12CCC(NS(=O)(=O)c3cnc(C)c(B4OC(C)(C)C(C)(C)O4)c3)(C1)C2. The highest BCUT2D eigenvalue weighted by atomic mass is 32.2. The normalized spacial score (nSPS) is 32.8. The molecule has 0 amide bonds. The van der Waals surface area contributed by atoms with E-state index in [2.05, 4.69) is 14.6 Å². The average Bonchev–Trinajstić information content (AvgIpc) is 3.15. The molecule has 0 atom stereocenters. The van der Waals surface area contributed by atoms with E-state index >= 15 is 0 Å². The molecule has 0 spiro atoms. The topological polar surface area (TPSA) is 81.9 Å². The first-order valence-electron chi connectivity index (χ1n) is 9.58. The van der Waals surface area contributed by atoms with Gasteiger partial charge in [0.25, 0.3) is 0 Å². The Bertz CT molecular complexity index is 961. The van der Waals surface area contributed by atoms with Crippen molar-refractivity contribution in [2.45, 2.75) is 87.5 Å². The van der Waals surface area contributed by atoms with Crippen molar-refractivity contribution in [2.24, 2.45) is 0 Å². The summed E-state index contributed by atoms with van der Waals surface area (Å²) in [5.41, 5.74) is -0.591. The lowest BCUT2D eigenvalue weighted by atomic mass is 9.72. The zero-order chi connectivity index (χ0) is 20.6. The zero-order valence-corrected chi connectivity index (χ0v) is 17.8. The number of pyridine rings is 1. The van der Waals surface area contributed by atoms with Crippen LogP contribution in [-0.2, 0) is 19.3 Å². The highest BCUT2D eigenvalue weighted by Gasteiger charge is 2.67. The Morgan fingerprint density at radius 3 is 2.32 bits per heavy atom. The second-order valence-electron chi connectivity index (χ2n) is 9.51. The molecular weight excluding hydrogens is 377 g/mol. The minimum Gasteiger partial charge on any atom is -0.399 e. The van der Waals surface area contributed by atoms with Crippen molar-refractivity contribution >= 4 is 22.6 Å². The Balaban J connectivity index is 1.60. The monoisotopic (exact) mass is 403 g/mol. The lowest BCUT2D eigenvalue weighted by molar-refractivity contribution is 0.00578. The molecule has 1 N–H and O–H groups in total. The number of nitrogens with one attached hydrogen (secondary N) is 1. The second kappa shape index (κ2) is 5.79. The molecule has 1 aromatic heterocycles. The van der Waals surface area contributed by atoms with Crippen LogP contribution in [0.2, 0.25) is 0 Å². The lowest BCUT2D eigenvalue weighted by Gasteiger charge is -2.39. The summed E-state index contributed by atoms with van der Waals surface area (Å²) in [6.45, 7) is 17.0. The molecule has 9 heteroatoms. The van der Waals surface area contributed by atoms with Crippen LogP contribution < -0.4 is 10.2 Å². The van der Waals surface area contributed by atoms with Crippen molar-refractivity contribution in [2.75, 3.05) is 0 Å². The van der Waals surface area contributed by atoms with Crippen molar-refractivity contribution in [3.05, 3.63) is 29.4 Å². The molecular formula is C19H26BN3O4S. The van der Waals surface area contributed by atoms with Crippen LogP contribution in [0, 0.1) is 13.5 Å². The summed E-state index contributed by atoms with van der Waals surface area (Å²) in [7, 11) is -4.42. The van der Waals surface area contributed by atoms with Gasteiger partial charge in [-0.3, -0.25) is 4.98 Å². The molecule has 4 aliphatic rings. The summed E-state index contributed by atoms with van der Waals surface area (Å²) in [6, 6.07) is 1.60. The van der Waals surface area contributed by atoms with E-state index in [9.17, 15) is 8.42 Å². The molecule has 1 aliphatic heterocycles. The molecule has 0 unspecified atom stereocenters. The third-order valence-electron chi connectivity index (χ3n) is 6.91. The number of aryl methyl sites for hydroxylation is 1. The van der Waals surface area contributed by atoms with Crippen molar-refractivity contribution in [3.63, 3.8) is 0 Å². The van der Waals surface area contributed by atoms with Crippen molar-refractivity contribution < 1.29 is 17.7 Å². The quantitative estimate of drug-likeness (QED) is 0.614. The highest BCUT2D eigenvalue weighted by molar-refractivity contribution is 7.89. The molecule has 3 saturated carbocycles. The fraction of sp³-hybridized carbons (Fsp3) is 0.684. The number of rotatable bonds is 4. The van der Waals surface area contributed by atoms with Gasteiger partial charge >= 0.3 is 7.12 Å². The maximum Gasteiger partial charge on any atom is 0.496 e. The minimum atomic E-state index is -3.75. The fourth-order valence-corrected chi connectivity index (χ4v) is 5.93. The summed E-state index contributed by atoms with van der Waals surface area (Å²) in [5, 5.41) is 0. The molecule has 1 saturated heterocycles. The maximum atomic E-state index is 13.0. The van der Waals surface area contributed by atoms with E-state index in [1.54, 1.807) is 6.07 Å². The lowest BCUT2D eigenvalue weighted by Crippen LogP contribution is -2.57. The van der Waals surface area contributed by atoms with Gasteiger partial charge in [-0.15, -0.1) is 0 Å². The fourth-order valence-electron chi connectivity index (χ4n) is 4.52. The summed E-state index contributed by atoms with van der Waals surface area (Å²) in [5.74, 6) is 0. The van der Waals surface area contributed by atoms with Gasteiger partial charge in [-0.05, 0) is 47.1 Å². The Hall–Kier alpha value is -1.47. The smallest absolute Gasteiger partial charge is 0.399 e. The first kappa shape index (κ1) is 19.8. The molecule has 150 valence electrons. The molecule has 0 aromatic carbocycles. The third kappa shape index (κ3) is 2.89. The third-order valence-corrected chi connectivity index (χ3v) is 8.46. The van der Waals surface area contributed by atoms with E-state index in [1.807, 2.05) is 34.6 Å². The van der Waals surface area contributed by atoms with Gasteiger partial charge in [0.1, 0.15) is 0 Å². The van der Waals surface area contributed by atoms with Crippen LogP contribution in [0.4, 0.5) is 0 Å². The number of fused-ring (bicyclic) bond motifs is 1. The van der Waals surface area contributed by atoms with Crippen LogP contribution >= 0.6 is 0 Å². The van der Waals surface area contributed by atoms with Gasteiger partial charge in [0.2, 0.25) is 15.6 Å². The first-order valence-corrected chi connectivity index (χ1v) is 11.1. The number of aromatic nitrogens is 1. The van der Waals surface area contributed by atoms with Crippen LogP contribution in [-0.4, -0.2) is 42.8 Å². The van der Waals surface area contributed by atoms with Gasteiger partial charge in [-0.1, -0.05) is 0 Å². The Morgan fingerprint density at radius 1 is 1.18 bits per heavy atom. The molecule has 2 heterocycles. The summed E-state index contributed by atoms with van der Waals surface area (Å²) >= 11 is 0. The standard InChI is InChI=1S/C19H26BN3O4S/c1-13-15(20-26-16(2,3)17(4,5)27-20)9-14(10-22-13)28(24,25)23-19-8-7-18(11-19,12-19)21-6/h9-10,23H,7-8,11-12H2,1-5H3. The minimum absolute atomic E-state index is 0.101. The second-order valence-corrected chi connectivity index (χ2v) is 11.2. The number of hydrogen-bond donors (Lipinski definition) is 1. The molecule has 4 fully saturated rings. The van der Waals surface area contributed by atoms with Gasteiger partial charge in [-0.2, -0.15) is 0 Å². The molecule has 0 radical (unpaired) electrons. The van der Waals surface area contributed by atoms with Gasteiger partial charge in [-0.25, -0.2) is 19.7 Å². The molecule has 5 rings (SSSR count). The van der Waals surface area contributed by atoms with E-state index in [0.29, 0.717) is 30.4 Å². The van der Waals surface area contributed by atoms with Crippen LogP contribution in [0.15, 0.2) is 17.2 Å². The first-order chi connectivity index (χ1) is 12.8. The molecule has 3 aliphatic carbocycles. The van der Waals surface area contributed by atoms with Crippen molar-refractivity contribution in [3.8, 4) is 0 Å². The van der Waals surface area contributed by atoms with Crippen LogP contribution in [0.5, 0.6) is 0 Å². The Kier molecular flexibility index (Phi) is 4.10. The number of nitrogens with zero attached hydrogens (tertiary/aromatic N) is 2. The summed E-state index contributed by atoms with van der Waals surface area (Å²) in [6.07, 6.45) is 4.01. The predicted octanol–water partition coefficient (Wildman–Crippen LogP) is 1.95. The Labute approximate surface area is 167 Å². The molecule has 7 nitrogen and oxygen atoms in total. The van der Waals surface area contributed by atoms with E-state index in [4.69, 9.17) is 15.9 Å². The van der Waals surface area contributed by atoms with Crippen LogP contribution in [0.25, 0.3) is 4.85 Å².